The highest BCUT2D eigenvalue weighted by atomic mass is 16.3. The van der Waals surface area contributed by atoms with Gasteiger partial charge in [0.25, 0.3) is 0 Å². The van der Waals surface area contributed by atoms with Crippen LogP contribution in [0.15, 0.2) is 18.2 Å². The molecule has 10 heavy (non-hydrogen) atoms. The molecule has 2 rings (SSSR count). The van der Waals surface area contributed by atoms with Crippen LogP contribution in [0.5, 0.6) is 5.75 Å². The SMILES string of the molecule is Oc1ccc2c(c1)C[CH]C2. The minimum atomic E-state index is 0.383. The molecule has 0 aliphatic heterocycles. The van der Waals surface area contributed by atoms with E-state index in [1.807, 2.05) is 12.1 Å². The molecule has 0 bridgehead atoms. The highest BCUT2D eigenvalue weighted by Crippen LogP contribution is 2.24. The maximum absolute atomic E-state index is 9.08. The molecule has 1 heteroatoms. The Balaban J connectivity index is 2.52. The van der Waals surface area contributed by atoms with Gasteiger partial charge in [0.05, 0.1) is 0 Å². The molecule has 0 fully saturated rings. The Hall–Kier alpha value is -0.980. The number of hydrogen-bond donors (Lipinski definition) is 1. The van der Waals surface area contributed by atoms with Crippen LogP contribution in [0.2, 0.25) is 0 Å². The van der Waals surface area contributed by atoms with Crippen molar-refractivity contribution in [2.45, 2.75) is 12.8 Å². The molecule has 0 unspecified atom stereocenters. The third-order valence-electron chi connectivity index (χ3n) is 1.92. The Kier molecular flexibility index (Phi) is 1.16. The Bertz CT molecular complexity index is 253. The van der Waals surface area contributed by atoms with Crippen molar-refractivity contribution in [1.29, 1.82) is 0 Å². The molecule has 1 N–H and O–H groups in total. The summed E-state index contributed by atoms with van der Waals surface area (Å²) in [6.07, 6.45) is 4.31. The first-order valence-corrected chi connectivity index (χ1v) is 3.49. The van der Waals surface area contributed by atoms with Gasteiger partial charge in [0.15, 0.2) is 0 Å². The van der Waals surface area contributed by atoms with E-state index in [0.29, 0.717) is 5.75 Å². The molecular weight excluding hydrogens is 124 g/mol. The van der Waals surface area contributed by atoms with E-state index in [1.54, 1.807) is 6.07 Å². The van der Waals surface area contributed by atoms with E-state index in [0.717, 1.165) is 12.8 Å². The van der Waals surface area contributed by atoms with E-state index >= 15 is 0 Å². The van der Waals surface area contributed by atoms with Crippen molar-refractivity contribution in [2.24, 2.45) is 0 Å². The van der Waals surface area contributed by atoms with E-state index in [1.165, 1.54) is 11.1 Å². The van der Waals surface area contributed by atoms with E-state index in [4.69, 9.17) is 5.11 Å². The normalized spacial score (nSPS) is 15.2. The average molecular weight is 133 g/mol. The maximum atomic E-state index is 9.08. The molecule has 1 aliphatic carbocycles. The van der Waals surface area contributed by atoms with E-state index in [9.17, 15) is 0 Å². The smallest absolute Gasteiger partial charge is 0.115 e. The summed E-state index contributed by atoms with van der Waals surface area (Å²) in [5.74, 6) is 0.383. The average Bonchev–Trinajstić information content (AvgIpc) is 2.33. The minimum Gasteiger partial charge on any atom is -0.508 e. The molecule has 0 heterocycles. The van der Waals surface area contributed by atoms with Crippen molar-refractivity contribution in [3.8, 4) is 5.75 Å². The van der Waals surface area contributed by atoms with Crippen LogP contribution in [0.4, 0.5) is 0 Å². The van der Waals surface area contributed by atoms with Gasteiger partial charge in [-0.1, -0.05) is 6.07 Å². The summed E-state index contributed by atoms with van der Waals surface area (Å²) in [6, 6.07) is 5.59. The van der Waals surface area contributed by atoms with Crippen LogP contribution in [-0.2, 0) is 12.8 Å². The Morgan fingerprint density at radius 1 is 1.10 bits per heavy atom. The summed E-state index contributed by atoms with van der Waals surface area (Å²) >= 11 is 0. The number of benzene rings is 1. The molecule has 1 radical (unpaired) electrons. The number of aromatic hydroxyl groups is 1. The molecular formula is C9H9O. The number of fused-ring (bicyclic) bond motifs is 1. The van der Waals surface area contributed by atoms with Gasteiger partial charge in [-0.15, -0.1) is 0 Å². The maximum Gasteiger partial charge on any atom is 0.115 e. The fourth-order valence-electron chi connectivity index (χ4n) is 1.38. The van der Waals surface area contributed by atoms with Crippen LogP contribution in [-0.4, -0.2) is 5.11 Å². The second kappa shape index (κ2) is 2.01. The first-order valence-electron chi connectivity index (χ1n) is 3.49. The van der Waals surface area contributed by atoms with E-state index < -0.39 is 0 Å². The summed E-state index contributed by atoms with van der Waals surface area (Å²) in [6.45, 7) is 0. The molecule has 0 spiro atoms. The van der Waals surface area contributed by atoms with Gasteiger partial charge < -0.3 is 5.11 Å². The van der Waals surface area contributed by atoms with Crippen molar-refractivity contribution in [2.75, 3.05) is 0 Å². The van der Waals surface area contributed by atoms with Crippen molar-refractivity contribution in [1.82, 2.24) is 0 Å². The fraction of sp³-hybridized carbons (Fsp3) is 0.222. The van der Waals surface area contributed by atoms with Gasteiger partial charge >= 0.3 is 0 Å². The topological polar surface area (TPSA) is 20.2 Å². The second-order valence-corrected chi connectivity index (χ2v) is 2.65. The van der Waals surface area contributed by atoms with Crippen LogP contribution >= 0.6 is 0 Å². The number of rotatable bonds is 0. The lowest BCUT2D eigenvalue weighted by molar-refractivity contribution is 0.474. The van der Waals surface area contributed by atoms with Crippen molar-refractivity contribution >= 4 is 0 Å². The molecule has 0 saturated carbocycles. The Morgan fingerprint density at radius 2 is 1.90 bits per heavy atom. The second-order valence-electron chi connectivity index (χ2n) is 2.65. The third-order valence-corrected chi connectivity index (χ3v) is 1.92. The molecule has 1 aliphatic rings. The zero-order valence-electron chi connectivity index (χ0n) is 5.67. The van der Waals surface area contributed by atoms with Gasteiger partial charge in [-0.05, 0) is 42.5 Å². The van der Waals surface area contributed by atoms with Gasteiger partial charge in [0.1, 0.15) is 5.75 Å². The van der Waals surface area contributed by atoms with Crippen LogP contribution in [0.25, 0.3) is 0 Å². The predicted molar refractivity (Wildman–Crippen MR) is 39.8 cm³/mol. The van der Waals surface area contributed by atoms with E-state index in [2.05, 4.69) is 6.42 Å². The predicted octanol–water partition coefficient (Wildman–Crippen LogP) is 1.70. The highest BCUT2D eigenvalue weighted by molar-refractivity contribution is 5.39. The lowest BCUT2D eigenvalue weighted by Crippen LogP contribution is -1.78. The van der Waals surface area contributed by atoms with Crippen LogP contribution in [0, 0.1) is 6.42 Å². The van der Waals surface area contributed by atoms with E-state index in [-0.39, 0.29) is 0 Å². The summed E-state index contributed by atoms with van der Waals surface area (Å²) in [7, 11) is 0. The van der Waals surface area contributed by atoms with Gasteiger partial charge in [-0.25, -0.2) is 0 Å². The first-order chi connectivity index (χ1) is 4.86. The van der Waals surface area contributed by atoms with Gasteiger partial charge in [0.2, 0.25) is 0 Å². The summed E-state index contributed by atoms with van der Waals surface area (Å²) in [4.78, 5) is 0. The molecule has 0 saturated heterocycles. The molecule has 1 nitrogen and oxygen atoms in total. The molecule has 0 aromatic heterocycles. The molecule has 51 valence electrons. The lowest BCUT2D eigenvalue weighted by atomic mass is 10.1. The quantitative estimate of drug-likeness (QED) is 0.571. The minimum absolute atomic E-state index is 0.383. The number of phenolic OH excluding ortho intramolecular Hbond substituents is 1. The summed E-state index contributed by atoms with van der Waals surface area (Å²) < 4.78 is 0. The standard InChI is InChI=1S/C9H9O/c10-9-5-4-7-2-1-3-8(7)6-9/h1,4-6,10H,2-3H2. The third kappa shape index (κ3) is 0.783. The Morgan fingerprint density at radius 3 is 2.80 bits per heavy atom. The van der Waals surface area contributed by atoms with Crippen molar-refractivity contribution in [3.63, 3.8) is 0 Å². The first kappa shape index (κ1) is 5.78. The largest absolute Gasteiger partial charge is 0.508 e. The molecule has 0 amide bonds. The fourth-order valence-corrected chi connectivity index (χ4v) is 1.38. The molecule has 0 atom stereocenters. The van der Waals surface area contributed by atoms with Gasteiger partial charge in [-0.3, -0.25) is 0 Å². The Labute approximate surface area is 60.3 Å². The molecule has 1 aromatic carbocycles. The van der Waals surface area contributed by atoms with Gasteiger partial charge in [0, 0.05) is 0 Å². The van der Waals surface area contributed by atoms with Crippen molar-refractivity contribution < 1.29 is 5.11 Å². The van der Waals surface area contributed by atoms with Gasteiger partial charge in [-0.2, -0.15) is 0 Å². The number of phenols is 1. The summed E-state index contributed by atoms with van der Waals surface area (Å²) in [5.41, 5.74) is 2.64. The van der Waals surface area contributed by atoms with Crippen molar-refractivity contribution in [3.05, 3.63) is 35.7 Å². The monoisotopic (exact) mass is 133 g/mol. The summed E-state index contributed by atoms with van der Waals surface area (Å²) in [5, 5.41) is 9.08. The highest BCUT2D eigenvalue weighted by Gasteiger charge is 2.09. The lowest BCUT2D eigenvalue weighted by Gasteiger charge is -1.97. The van der Waals surface area contributed by atoms with Crippen LogP contribution in [0.3, 0.4) is 0 Å². The van der Waals surface area contributed by atoms with Crippen LogP contribution < -0.4 is 0 Å². The zero-order chi connectivity index (χ0) is 6.97. The number of hydrogen-bond acceptors (Lipinski definition) is 1. The molecule has 1 aromatic rings. The zero-order valence-corrected chi connectivity index (χ0v) is 5.67. The van der Waals surface area contributed by atoms with Crippen LogP contribution in [0.1, 0.15) is 11.1 Å².